The van der Waals surface area contributed by atoms with E-state index in [1.165, 1.54) is 42.1 Å². The maximum absolute atomic E-state index is 13.0. The van der Waals surface area contributed by atoms with Gasteiger partial charge in [0, 0.05) is 28.3 Å². The van der Waals surface area contributed by atoms with Crippen LogP contribution in [0.1, 0.15) is 21.5 Å². The molecule has 0 fully saturated rings. The smallest absolute Gasteiger partial charge is 0.240 e. The first kappa shape index (κ1) is 18.9. The quantitative estimate of drug-likeness (QED) is 0.697. The molecule has 3 aromatic rings. The predicted octanol–water partition coefficient (Wildman–Crippen LogP) is 4.19. The molecule has 1 aliphatic rings. The Labute approximate surface area is 166 Å². The molecule has 0 saturated heterocycles. The van der Waals surface area contributed by atoms with E-state index in [1.54, 1.807) is 18.2 Å². The number of sulfonamides is 1. The zero-order valence-corrected chi connectivity index (χ0v) is 16.3. The van der Waals surface area contributed by atoms with Crippen LogP contribution < -0.4 is 4.72 Å². The van der Waals surface area contributed by atoms with Crippen LogP contribution in [0.4, 0.5) is 4.39 Å². The first-order valence-corrected chi connectivity index (χ1v) is 10.9. The zero-order chi connectivity index (χ0) is 19.7. The number of carbonyl (C=O) groups excluding carboxylic acids is 1. The van der Waals surface area contributed by atoms with E-state index in [1.807, 2.05) is 18.2 Å². The third kappa shape index (κ3) is 3.87. The Hall–Kier alpha value is -2.48. The van der Waals surface area contributed by atoms with Gasteiger partial charge in [-0.2, -0.15) is 0 Å². The van der Waals surface area contributed by atoms with Crippen molar-refractivity contribution < 1.29 is 17.6 Å². The van der Waals surface area contributed by atoms with E-state index in [9.17, 15) is 17.6 Å². The van der Waals surface area contributed by atoms with Gasteiger partial charge >= 0.3 is 0 Å². The number of fused-ring (bicyclic) bond motifs is 2. The Morgan fingerprint density at radius 1 is 0.964 bits per heavy atom. The number of nitrogens with one attached hydrogen (secondary N) is 1. The molecule has 0 aliphatic carbocycles. The van der Waals surface area contributed by atoms with E-state index >= 15 is 0 Å². The van der Waals surface area contributed by atoms with E-state index in [0.29, 0.717) is 16.7 Å². The molecule has 3 aromatic carbocycles. The number of ketones is 1. The molecule has 0 unspecified atom stereocenters. The van der Waals surface area contributed by atoms with Gasteiger partial charge in [0.25, 0.3) is 0 Å². The van der Waals surface area contributed by atoms with Crippen molar-refractivity contribution in [1.82, 2.24) is 4.72 Å². The Kier molecular flexibility index (Phi) is 5.05. The lowest BCUT2D eigenvalue weighted by molar-refractivity contribution is 0.0990. The number of benzene rings is 3. The van der Waals surface area contributed by atoms with Gasteiger partial charge in [0.1, 0.15) is 5.82 Å². The molecule has 0 radical (unpaired) electrons. The van der Waals surface area contributed by atoms with Crippen LogP contribution in [-0.2, 0) is 23.0 Å². The molecule has 0 spiro atoms. The van der Waals surface area contributed by atoms with Gasteiger partial charge in [-0.05, 0) is 47.5 Å². The molecule has 1 N–H and O–H groups in total. The van der Waals surface area contributed by atoms with Crippen LogP contribution in [0.2, 0.25) is 0 Å². The molecule has 1 heterocycles. The van der Waals surface area contributed by atoms with E-state index < -0.39 is 10.0 Å². The van der Waals surface area contributed by atoms with E-state index in [0.717, 1.165) is 9.79 Å². The number of carbonyl (C=O) groups is 1. The van der Waals surface area contributed by atoms with Gasteiger partial charge in [0.15, 0.2) is 5.78 Å². The molecule has 0 atom stereocenters. The maximum atomic E-state index is 13.0. The third-order valence-corrected chi connectivity index (χ3v) is 7.07. The van der Waals surface area contributed by atoms with E-state index in [2.05, 4.69) is 4.72 Å². The summed E-state index contributed by atoms with van der Waals surface area (Å²) in [5.74, 6) is -0.406. The lowest BCUT2D eigenvalue weighted by Crippen LogP contribution is -2.23. The van der Waals surface area contributed by atoms with Gasteiger partial charge in [-0.1, -0.05) is 42.1 Å². The Morgan fingerprint density at radius 2 is 1.71 bits per heavy atom. The molecule has 0 aromatic heterocycles. The van der Waals surface area contributed by atoms with E-state index in [-0.39, 0.29) is 29.5 Å². The van der Waals surface area contributed by atoms with E-state index in [4.69, 9.17) is 0 Å². The van der Waals surface area contributed by atoms with Crippen molar-refractivity contribution in [2.24, 2.45) is 0 Å². The highest BCUT2D eigenvalue weighted by atomic mass is 32.2. The van der Waals surface area contributed by atoms with Crippen molar-refractivity contribution in [3.05, 3.63) is 89.2 Å². The van der Waals surface area contributed by atoms with Crippen LogP contribution in [0.15, 0.2) is 81.4 Å². The average molecular weight is 413 g/mol. The fraction of sp³-hybridized carbons (Fsp3) is 0.0952. The van der Waals surface area contributed by atoms with Crippen molar-refractivity contribution in [3.8, 4) is 0 Å². The normalized spacial score (nSPS) is 13.5. The molecule has 142 valence electrons. The molecule has 7 heteroatoms. The Morgan fingerprint density at radius 3 is 2.50 bits per heavy atom. The summed E-state index contributed by atoms with van der Waals surface area (Å²) in [7, 11) is -3.76. The molecule has 28 heavy (non-hydrogen) atoms. The standard InChI is InChI=1S/C21H16FNO3S2/c22-16-7-5-14(6-8-16)13-23-28(25,26)17-9-10-20-15(11-17)12-19(24)18-3-1-2-4-21(18)27-20/h1-11,23H,12-13H2. The van der Waals surface area contributed by atoms with Gasteiger partial charge in [-0.3, -0.25) is 4.79 Å². The van der Waals surface area contributed by atoms with Gasteiger partial charge in [0.05, 0.1) is 4.90 Å². The highest BCUT2D eigenvalue weighted by Gasteiger charge is 2.22. The first-order valence-electron chi connectivity index (χ1n) is 8.59. The maximum Gasteiger partial charge on any atom is 0.240 e. The first-order chi connectivity index (χ1) is 13.4. The minimum atomic E-state index is -3.76. The minimum absolute atomic E-state index is 0.0318. The van der Waals surface area contributed by atoms with Gasteiger partial charge in [-0.15, -0.1) is 0 Å². The summed E-state index contributed by atoms with van der Waals surface area (Å²) in [6.07, 6.45) is 0.153. The van der Waals surface area contributed by atoms with Gasteiger partial charge in [0.2, 0.25) is 10.0 Å². The molecule has 0 bridgehead atoms. The number of halogens is 1. The van der Waals surface area contributed by atoms with Crippen molar-refractivity contribution in [1.29, 1.82) is 0 Å². The fourth-order valence-electron chi connectivity index (χ4n) is 3.00. The highest BCUT2D eigenvalue weighted by Crippen LogP contribution is 2.37. The van der Waals surface area contributed by atoms with Crippen molar-refractivity contribution >= 4 is 27.6 Å². The van der Waals surface area contributed by atoms with Gasteiger partial charge in [-0.25, -0.2) is 17.5 Å². The molecule has 0 amide bonds. The van der Waals surface area contributed by atoms with Crippen molar-refractivity contribution in [2.75, 3.05) is 0 Å². The summed E-state index contributed by atoms with van der Waals surface area (Å²) in [6, 6.07) is 17.8. The Balaban J connectivity index is 1.59. The number of rotatable bonds is 4. The molecule has 0 saturated carbocycles. The molecule has 4 nitrogen and oxygen atoms in total. The van der Waals surface area contributed by atoms with Gasteiger partial charge < -0.3 is 0 Å². The van der Waals surface area contributed by atoms with Crippen LogP contribution in [0.25, 0.3) is 0 Å². The highest BCUT2D eigenvalue weighted by molar-refractivity contribution is 7.99. The number of hydrogen-bond acceptors (Lipinski definition) is 4. The van der Waals surface area contributed by atoms with Crippen LogP contribution in [0.5, 0.6) is 0 Å². The largest absolute Gasteiger partial charge is 0.294 e. The van der Waals surface area contributed by atoms with Crippen LogP contribution in [-0.4, -0.2) is 14.2 Å². The summed E-state index contributed by atoms with van der Waals surface area (Å²) >= 11 is 1.47. The van der Waals surface area contributed by atoms with Crippen molar-refractivity contribution in [2.45, 2.75) is 27.7 Å². The second-order valence-electron chi connectivity index (χ2n) is 6.42. The average Bonchev–Trinajstić information content (AvgIpc) is 2.83. The molecular formula is C21H16FNO3S2. The second kappa shape index (κ2) is 7.50. The minimum Gasteiger partial charge on any atom is -0.294 e. The van der Waals surface area contributed by atoms with Crippen molar-refractivity contribution in [3.63, 3.8) is 0 Å². The lowest BCUT2D eigenvalue weighted by atomic mass is 10.0. The predicted molar refractivity (Wildman–Crippen MR) is 105 cm³/mol. The molecule has 4 rings (SSSR count). The fourth-order valence-corrected chi connectivity index (χ4v) is 5.14. The van der Waals surface area contributed by atoms with Crippen LogP contribution >= 0.6 is 11.8 Å². The zero-order valence-electron chi connectivity index (χ0n) is 14.7. The summed E-state index contributed by atoms with van der Waals surface area (Å²) in [5, 5.41) is 0. The van der Waals surface area contributed by atoms with Crippen LogP contribution in [0.3, 0.4) is 0 Å². The summed E-state index contributed by atoms with van der Waals surface area (Å²) < 4.78 is 40.8. The number of Topliss-reactive ketones (excluding diaryl/α,β-unsaturated/α-hetero) is 1. The molecular weight excluding hydrogens is 397 g/mol. The summed E-state index contributed by atoms with van der Waals surface area (Å²) in [4.78, 5) is 14.4. The monoisotopic (exact) mass is 413 g/mol. The molecule has 1 aliphatic heterocycles. The Bertz CT molecular complexity index is 1160. The van der Waals surface area contributed by atoms with Crippen LogP contribution in [0, 0.1) is 5.82 Å². The lowest BCUT2D eigenvalue weighted by Gasteiger charge is -2.10. The number of hydrogen-bond donors (Lipinski definition) is 1. The third-order valence-electron chi connectivity index (χ3n) is 4.48. The summed E-state index contributed by atoms with van der Waals surface area (Å²) in [5.41, 5.74) is 2.00. The SMILES string of the molecule is O=C1Cc2cc(S(=O)(=O)NCc3ccc(F)cc3)ccc2Sc2ccccc21. The summed E-state index contributed by atoms with van der Waals surface area (Å²) in [6.45, 7) is 0.0544. The topological polar surface area (TPSA) is 63.2 Å². The second-order valence-corrected chi connectivity index (χ2v) is 9.27.